The van der Waals surface area contributed by atoms with Crippen LogP contribution in [0.15, 0.2) is 71.5 Å². The third-order valence-electron chi connectivity index (χ3n) is 4.04. The zero-order chi connectivity index (χ0) is 18.9. The second-order valence-corrected chi connectivity index (χ2v) is 6.97. The van der Waals surface area contributed by atoms with E-state index in [2.05, 4.69) is 26.3 Å². The van der Waals surface area contributed by atoms with Crippen LogP contribution in [-0.2, 0) is 11.2 Å². The third-order valence-corrected chi connectivity index (χ3v) is 4.69. The van der Waals surface area contributed by atoms with E-state index in [9.17, 15) is 4.79 Å². The number of halogens is 1. The molecule has 1 heterocycles. The molecule has 6 heteroatoms. The normalized spacial score (nSPS) is 10.6. The van der Waals surface area contributed by atoms with Gasteiger partial charge in [0.15, 0.2) is 0 Å². The molecular weight excluding hydrogens is 406 g/mol. The predicted octanol–water partition coefficient (Wildman–Crippen LogP) is 4.15. The van der Waals surface area contributed by atoms with Crippen molar-refractivity contribution < 1.29 is 9.53 Å². The monoisotopic (exact) mass is 427 g/mol. The van der Waals surface area contributed by atoms with E-state index in [0.29, 0.717) is 26.0 Å². The van der Waals surface area contributed by atoms with Crippen LogP contribution in [-0.4, -0.2) is 28.8 Å². The van der Waals surface area contributed by atoms with Crippen LogP contribution >= 0.6 is 15.9 Å². The Bertz CT molecular complexity index is 865. The summed E-state index contributed by atoms with van der Waals surface area (Å²) < 4.78 is 8.43. The molecule has 0 aliphatic rings. The van der Waals surface area contributed by atoms with Gasteiger partial charge in [-0.25, -0.2) is 4.68 Å². The molecule has 0 spiro atoms. The maximum absolute atomic E-state index is 11.9. The number of nitrogens with one attached hydrogen (secondary N) is 1. The molecule has 27 heavy (non-hydrogen) atoms. The molecule has 0 atom stereocenters. The maximum Gasteiger partial charge on any atom is 0.220 e. The summed E-state index contributed by atoms with van der Waals surface area (Å²) in [7, 11) is 0. The van der Waals surface area contributed by atoms with Crippen molar-refractivity contribution in [2.75, 3.05) is 13.2 Å². The van der Waals surface area contributed by atoms with Crippen LogP contribution < -0.4 is 10.1 Å². The van der Waals surface area contributed by atoms with Crippen LogP contribution in [0.1, 0.15) is 18.4 Å². The van der Waals surface area contributed by atoms with Crippen LogP contribution in [0, 0.1) is 0 Å². The first-order valence-electron chi connectivity index (χ1n) is 8.95. The highest BCUT2D eigenvalue weighted by atomic mass is 79.9. The Balaban J connectivity index is 1.33. The molecule has 5 nitrogen and oxygen atoms in total. The molecule has 0 fully saturated rings. The topological polar surface area (TPSA) is 56.1 Å². The van der Waals surface area contributed by atoms with Crippen LogP contribution in [0.5, 0.6) is 5.75 Å². The van der Waals surface area contributed by atoms with Crippen molar-refractivity contribution in [3.8, 4) is 11.4 Å². The number of para-hydroxylation sites is 2. The molecule has 0 saturated heterocycles. The molecule has 0 radical (unpaired) electrons. The molecule has 0 aliphatic heterocycles. The third kappa shape index (κ3) is 5.96. The summed E-state index contributed by atoms with van der Waals surface area (Å²) in [6.45, 7) is 1.12. The van der Waals surface area contributed by atoms with Crippen molar-refractivity contribution in [3.63, 3.8) is 0 Å². The molecule has 1 aromatic heterocycles. The van der Waals surface area contributed by atoms with Gasteiger partial charge in [0.2, 0.25) is 5.91 Å². The predicted molar refractivity (Wildman–Crippen MR) is 109 cm³/mol. The minimum Gasteiger partial charge on any atom is -0.492 e. The number of nitrogens with zero attached hydrogens (tertiary/aromatic N) is 2. The minimum atomic E-state index is 0.0428. The van der Waals surface area contributed by atoms with Crippen molar-refractivity contribution in [3.05, 3.63) is 77.0 Å². The zero-order valence-corrected chi connectivity index (χ0v) is 16.6. The van der Waals surface area contributed by atoms with E-state index in [1.807, 2.05) is 71.7 Å². The van der Waals surface area contributed by atoms with Gasteiger partial charge in [0.25, 0.3) is 0 Å². The lowest BCUT2D eigenvalue weighted by atomic mass is 10.2. The fourth-order valence-corrected chi connectivity index (χ4v) is 3.02. The highest BCUT2D eigenvalue weighted by Crippen LogP contribution is 2.23. The first kappa shape index (κ1) is 19.2. The van der Waals surface area contributed by atoms with Gasteiger partial charge in [-0.1, -0.05) is 30.3 Å². The van der Waals surface area contributed by atoms with Gasteiger partial charge in [-0.15, -0.1) is 0 Å². The Morgan fingerprint density at radius 2 is 1.89 bits per heavy atom. The Hall–Kier alpha value is -2.60. The Morgan fingerprint density at radius 3 is 2.70 bits per heavy atom. The molecular formula is C21H22BrN3O2. The first-order chi connectivity index (χ1) is 13.2. The van der Waals surface area contributed by atoms with Crippen molar-refractivity contribution in [1.29, 1.82) is 0 Å². The number of hydrogen-bond donors (Lipinski definition) is 1. The Labute approximate surface area is 167 Å². The molecule has 0 bridgehead atoms. The van der Waals surface area contributed by atoms with Crippen molar-refractivity contribution in [1.82, 2.24) is 15.1 Å². The summed E-state index contributed by atoms with van der Waals surface area (Å²) in [6.07, 6.45) is 5.72. The number of ether oxygens (including phenoxy) is 1. The van der Waals surface area contributed by atoms with E-state index in [-0.39, 0.29) is 5.91 Å². The lowest BCUT2D eigenvalue weighted by Gasteiger charge is -2.08. The summed E-state index contributed by atoms with van der Waals surface area (Å²) in [4.78, 5) is 11.9. The van der Waals surface area contributed by atoms with Crippen LogP contribution in [0.2, 0.25) is 0 Å². The van der Waals surface area contributed by atoms with Gasteiger partial charge in [-0.05, 0) is 58.6 Å². The molecule has 0 unspecified atom stereocenters. The van der Waals surface area contributed by atoms with Crippen molar-refractivity contribution >= 4 is 21.8 Å². The second-order valence-electron chi connectivity index (χ2n) is 6.11. The highest BCUT2D eigenvalue weighted by molar-refractivity contribution is 9.10. The average Bonchev–Trinajstić information content (AvgIpc) is 3.16. The lowest BCUT2D eigenvalue weighted by molar-refractivity contribution is -0.121. The number of benzene rings is 2. The quantitative estimate of drug-likeness (QED) is 0.521. The number of aromatic nitrogens is 2. The van der Waals surface area contributed by atoms with Crippen LogP contribution in [0.3, 0.4) is 0 Å². The molecule has 1 amide bonds. The number of amides is 1. The number of rotatable bonds is 9. The highest BCUT2D eigenvalue weighted by Gasteiger charge is 2.04. The molecule has 2 aromatic carbocycles. The second kappa shape index (κ2) is 9.92. The molecule has 0 aliphatic carbocycles. The molecule has 3 rings (SSSR count). The van der Waals surface area contributed by atoms with E-state index in [4.69, 9.17) is 4.74 Å². The first-order valence-corrected chi connectivity index (χ1v) is 9.74. The van der Waals surface area contributed by atoms with E-state index in [0.717, 1.165) is 27.9 Å². The number of hydrogen-bond acceptors (Lipinski definition) is 3. The van der Waals surface area contributed by atoms with E-state index >= 15 is 0 Å². The summed E-state index contributed by atoms with van der Waals surface area (Å²) >= 11 is 3.44. The van der Waals surface area contributed by atoms with Gasteiger partial charge < -0.3 is 10.1 Å². The smallest absolute Gasteiger partial charge is 0.220 e. The maximum atomic E-state index is 11.9. The van der Waals surface area contributed by atoms with Gasteiger partial charge >= 0.3 is 0 Å². The number of carbonyl (C=O) groups is 1. The fraction of sp³-hybridized carbons (Fsp3) is 0.238. The number of carbonyl (C=O) groups excluding carboxylic acids is 1. The van der Waals surface area contributed by atoms with Gasteiger partial charge in [-0.3, -0.25) is 4.79 Å². The van der Waals surface area contributed by atoms with Gasteiger partial charge in [0.1, 0.15) is 5.75 Å². The summed E-state index contributed by atoms with van der Waals surface area (Å²) in [5, 5.41) is 7.31. The molecule has 1 N–H and O–H groups in total. The van der Waals surface area contributed by atoms with Crippen molar-refractivity contribution in [2.24, 2.45) is 0 Å². The summed E-state index contributed by atoms with van der Waals surface area (Å²) in [5.41, 5.74) is 2.12. The van der Waals surface area contributed by atoms with E-state index in [1.165, 1.54) is 0 Å². The molecule has 3 aromatic rings. The summed E-state index contributed by atoms with van der Waals surface area (Å²) in [5.74, 6) is 0.842. The molecule has 140 valence electrons. The average molecular weight is 428 g/mol. The lowest BCUT2D eigenvalue weighted by Crippen LogP contribution is -2.25. The van der Waals surface area contributed by atoms with Crippen LogP contribution in [0.4, 0.5) is 0 Å². The Morgan fingerprint density at radius 1 is 1.11 bits per heavy atom. The van der Waals surface area contributed by atoms with Gasteiger partial charge in [0, 0.05) is 19.2 Å². The van der Waals surface area contributed by atoms with Gasteiger partial charge in [-0.2, -0.15) is 5.10 Å². The standard InChI is InChI=1S/C21H22BrN3O2/c22-19-9-4-5-10-20(19)27-14-6-11-21(26)23-13-12-17-15-24-25(16-17)18-7-2-1-3-8-18/h1-5,7-10,15-16H,6,11-14H2,(H,23,26). The van der Waals surface area contributed by atoms with Crippen LogP contribution in [0.25, 0.3) is 5.69 Å². The Kier molecular flexibility index (Phi) is 7.04. The SMILES string of the molecule is O=C(CCCOc1ccccc1Br)NCCc1cnn(-c2ccccc2)c1. The summed E-state index contributed by atoms with van der Waals surface area (Å²) in [6, 6.07) is 17.7. The fourth-order valence-electron chi connectivity index (χ4n) is 2.62. The van der Waals surface area contributed by atoms with E-state index in [1.54, 1.807) is 0 Å². The molecule has 0 saturated carbocycles. The minimum absolute atomic E-state index is 0.0428. The van der Waals surface area contributed by atoms with E-state index < -0.39 is 0 Å². The van der Waals surface area contributed by atoms with Crippen molar-refractivity contribution in [2.45, 2.75) is 19.3 Å². The largest absolute Gasteiger partial charge is 0.492 e. The van der Waals surface area contributed by atoms with Gasteiger partial charge in [0.05, 0.1) is 23.0 Å². The zero-order valence-electron chi connectivity index (χ0n) is 15.0.